The van der Waals surface area contributed by atoms with Crippen molar-refractivity contribution in [2.24, 2.45) is 0 Å². The molecule has 0 amide bonds. The van der Waals surface area contributed by atoms with Gasteiger partial charge in [-0.15, -0.1) is 0 Å². The predicted molar refractivity (Wildman–Crippen MR) is 78.8 cm³/mol. The Morgan fingerprint density at radius 1 is 1.20 bits per heavy atom. The Hall–Kier alpha value is -1.75. The van der Waals surface area contributed by atoms with Gasteiger partial charge < -0.3 is 13.9 Å². The second kappa shape index (κ2) is 6.13. The summed E-state index contributed by atoms with van der Waals surface area (Å²) in [6, 6.07) is 6.86. The van der Waals surface area contributed by atoms with E-state index in [9.17, 15) is 4.79 Å². The summed E-state index contributed by atoms with van der Waals surface area (Å²) in [6.07, 6.45) is 0.747. The molecule has 0 fully saturated rings. The molecule has 2 aromatic rings. The van der Waals surface area contributed by atoms with Crippen LogP contribution in [-0.2, 0) is 6.42 Å². The topological polar surface area (TPSA) is 48.7 Å². The van der Waals surface area contributed by atoms with Crippen LogP contribution in [-0.4, -0.2) is 20.0 Å². The number of hydrogen-bond donors (Lipinski definition) is 0. The van der Waals surface area contributed by atoms with E-state index in [-0.39, 0.29) is 5.78 Å². The number of benzene rings is 1. The van der Waals surface area contributed by atoms with Crippen LogP contribution in [0, 0.1) is 0 Å². The molecule has 1 aromatic carbocycles. The highest BCUT2D eigenvalue weighted by molar-refractivity contribution is 9.10. The van der Waals surface area contributed by atoms with Gasteiger partial charge in [0.2, 0.25) is 5.78 Å². The molecule has 20 heavy (non-hydrogen) atoms. The van der Waals surface area contributed by atoms with Crippen LogP contribution >= 0.6 is 15.9 Å². The van der Waals surface area contributed by atoms with Gasteiger partial charge in [0, 0.05) is 6.42 Å². The Morgan fingerprint density at radius 3 is 2.50 bits per heavy atom. The van der Waals surface area contributed by atoms with Gasteiger partial charge in [-0.1, -0.05) is 6.92 Å². The van der Waals surface area contributed by atoms with Crippen LogP contribution in [0.1, 0.15) is 28.8 Å². The minimum atomic E-state index is -0.218. The van der Waals surface area contributed by atoms with Gasteiger partial charge >= 0.3 is 0 Å². The summed E-state index contributed by atoms with van der Waals surface area (Å²) in [5, 5.41) is 0. The molecule has 4 nitrogen and oxygen atoms in total. The summed E-state index contributed by atoms with van der Waals surface area (Å²) >= 11 is 3.38. The van der Waals surface area contributed by atoms with Crippen molar-refractivity contribution in [1.82, 2.24) is 0 Å². The number of carbonyl (C=O) groups is 1. The second-order valence-corrected chi connectivity index (χ2v) is 4.90. The number of furan rings is 1. The molecule has 0 unspecified atom stereocenters. The Balaban J connectivity index is 2.46. The first-order chi connectivity index (χ1) is 9.62. The number of methoxy groups -OCH3 is 2. The highest BCUT2D eigenvalue weighted by Gasteiger charge is 2.21. The quantitative estimate of drug-likeness (QED) is 0.777. The van der Waals surface area contributed by atoms with Crippen LogP contribution in [0.25, 0.3) is 0 Å². The van der Waals surface area contributed by atoms with Crippen molar-refractivity contribution >= 4 is 21.7 Å². The van der Waals surface area contributed by atoms with Gasteiger partial charge in [0.1, 0.15) is 21.7 Å². The van der Waals surface area contributed by atoms with Crippen LogP contribution in [0.5, 0.6) is 11.5 Å². The molecule has 0 aliphatic heterocycles. The molecule has 0 saturated carbocycles. The second-order valence-electron chi connectivity index (χ2n) is 4.11. The van der Waals surface area contributed by atoms with Gasteiger partial charge in [0.05, 0.1) is 19.8 Å². The highest BCUT2D eigenvalue weighted by Crippen LogP contribution is 2.38. The fraction of sp³-hybridized carbons (Fsp3) is 0.267. The maximum Gasteiger partial charge on any atom is 0.231 e. The third-order valence-corrected chi connectivity index (χ3v) is 3.72. The van der Waals surface area contributed by atoms with Crippen molar-refractivity contribution in [3.63, 3.8) is 0 Å². The minimum absolute atomic E-state index is 0.218. The van der Waals surface area contributed by atoms with E-state index in [4.69, 9.17) is 13.9 Å². The number of ether oxygens (including phenoxy) is 2. The van der Waals surface area contributed by atoms with E-state index in [1.165, 1.54) is 7.11 Å². The highest BCUT2D eigenvalue weighted by atomic mass is 79.9. The molecule has 5 heteroatoms. The van der Waals surface area contributed by atoms with E-state index in [1.54, 1.807) is 31.4 Å². The molecule has 2 rings (SSSR count). The molecule has 1 aromatic heterocycles. The number of carbonyl (C=O) groups excluding carboxylic acids is 1. The van der Waals surface area contributed by atoms with E-state index in [0.29, 0.717) is 27.3 Å². The molecule has 0 aliphatic rings. The monoisotopic (exact) mass is 338 g/mol. The standard InChI is InChI=1S/C15H15BrO4/c1-4-9-5-7-12(20-9)14(17)10-6-8-11(18-2)13(16)15(10)19-3/h5-8H,4H2,1-3H3. The molecule has 0 spiro atoms. The first-order valence-electron chi connectivity index (χ1n) is 6.16. The Labute approximate surface area is 125 Å². The summed E-state index contributed by atoms with van der Waals surface area (Å²) < 4.78 is 16.6. The van der Waals surface area contributed by atoms with Gasteiger partial charge in [-0.25, -0.2) is 0 Å². The fourth-order valence-electron chi connectivity index (χ4n) is 1.90. The van der Waals surface area contributed by atoms with E-state index >= 15 is 0 Å². The lowest BCUT2D eigenvalue weighted by molar-refractivity contribution is 0.100. The van der Waals surface area contributed by atoms with Gasteiger partial charge in [-0.3, -0.25) is 4.79 Å². The minimum Gasteiger partial charge on any atom is -0.495 e. The van der Waals surface area contributed by atoms with Gasteiger partial charge in [0.15, 0.2) is 5.76 Å². The number of hydrogen-bond acceptors (Lipinski definition) is 4. The molecule has 0 N–H and O–H groups in total. The average Bonchev–Trinajstić information content (AvgIpc) is 2.95. The smallest absolute Gasteiger partial charge is 0.231 e. The number of rotatable bonds is 5. The van der Waals surface area contributed by atoms with E-state index in [2.05, 4.69) is 15.9 Å². The molecular formula is C15H15BrO4. The maximum absolute atomic E-state index is 12.5. The normalized spacial score (nSPS) is 10.4. The molecule has 0 aliphatic carbocycles. The Bertz CT molecular complexity index is 631. The van der Waals surface area contributed by atoms with Crippen molar-refractivity contribution in [3.05, 3.63) is 45.8 Å². The summed E-state index contributed by atoms with van der Waals surface area (Å²) in [5.74, 6) is 1.90. The Kier molecular flexibility index (Phi) is 4.49. The number of ketones is 1. The van der Waals surface area contributed by atoms with Gasteiger partial charge in [-0.05, 0) is 40.2 Å². The first kappa shape index (κ1) is 14.7. The fourth-order valence-corrected chi connectivity index (χ4v) is 2.57. The third kappa shape index (κ3) is 2.58. The number of aryl methyl sites for hydroxylation is 1. The lowest BCUT2D eigenvalue weighted by Gasteiger charge is -2.11. The van der Waals surface area contributed by atoms with Crippen molar-refractivity contribution in [3.8, 4) is 11.5 Å². The van der Waals surface area contributed by atoms with Crippen LogP contribution in [0.4, 0.5) is 0 Å². The summed E-state index contributed by atoms with van der Waals surface area (Å²) in [5.41, 5.74) is 0.428. The van der Waals surface area contributed by atoms with Crippen LogP contribution in [0.15, 0.2) is 33.2 Å². The van der Waals surface area contributed by atoms with Gasteiger partial charge in [-0.2, -0.15) is 0 Å². The van der Waals surface area contributed by atoms with Crippen molar-refractivity contribution in [1.29, 1.82) is 0 Å². The van der Waals surface area contributed by atoms with Gasteiger partial charge in [0.25, 0.3) is 0 Å². The summed E-state index contributed by atoms with van der Waals surface area (Å²) in [7, 11) is 3.07. The molecular weight excluding hydrogens is 324 g/mol. The predicted octanol–water partition coefficient (Wildman–Crippen LogP) is 3.85. The van der Waals surface area contributed by atoms with E-state index in [0.717, 1.165) is 12.2 Å². The molecule has 0 saturated heterocycles. The zero-order valence-corrected chi connectivity index (χ0v) is 13.1. The first-order valence-corrected chi connectivity index (χ1v) is 6.95. The molecule has 0 bridgehead atoms. The molecule has 1 heterocycles. The molecule has 0 atom stereocenters. The summed E-state index contributed by atoms with van der Waals surface area (Å²) in [4.78, 5) is 12.5. The summed E-state index contributed by atoms with van der Waals surface area (Å²) in [6.45, 7) is 1.97. The molecule has 0 radical (unpaired) electrons. The van der Waals surface area contributed by atoms with E-state index in [1.807, 2.05) is 6.92 Å². The van der Waals surface area contributed by atoms with Crippen LogP contribution in [0.3, 0.4) is 0 Å². The Morgan fingerprint density at radius 2 is 1.95 bits per heavy atom. The van der Waals surface area contributed by atoms with Crippen molar-refractivity contribution in [2.45, 2.75) is 13.3 Å². The molecule has 106 valence electrons. The van der Waals surface area contributed by atoms with Crippen LogP contribution in [0.2, 0.25) is 0 Å². The SMILES string of the molecule is CCc1ccc(C(=O)c2ccc(OC)c(Br)c2OC)o1. The lowest BCUT2D eigenvalue weighted by Crippen LogP contribution is -2.04. The zero-order chi connectivity index (χ0) is 14.7. The third-order valence-electron chi connectivity index (χ3n) is 2.96. The number of halogens is 1. The average molecular weight is 339 g/mol. The lowest BCUT2D eigenvalue weighted by atomic mass is 10.1. The van der Waals surface area contributed by atoms with Crippen molar-refractivity contribution < 1.29 is 18.7 Å². The zero-order valence-electron chi connectivity index (χ0n) is 11.5. The van der Waals surface area contributed by atoms with Crippen LogP contribution < -0.4 is 9.47 Å². The van der Waals surface area contributed by atoms with Crippen molar-refractivity contribution in [2.75, 3.05) is 14.2 Å². The van der Waals surface area contributed by atoms with E-state index < -0.39 is 0 Å². The maximum atomic E-state index is 12.5. The largest absolute Gasteiger partial charge is 0.495 e.